The molecular formula is C9H20N2O3S. The first-order valence-electron chi connectivity index (χ1n) is 5.20. The zero-order chi connectivity index (χ0) is 11.5. The molecule has 0 spiro atoms. The van der Waals surface area contributed by atoms with Crippen LogP contribution in [0.25, 0.3) is 0 Å². The van der Waals surface area contributed by atoms with Crippen LogP contribution in [0.4, 0.5) is 0 Å². The Morgan fingerprint density at radius 1 is 1.40 bits per heavy atom. The molecule has 0 aliphatic carbocycles. The molecule has 1 fully saturated rings. The molecule has 1 heterocycles. The summed E-state index contributed by atoms with van der Waals surface area (Å²) in [6.07, 6.45) is 0.642. The first kappa shape index (κ1) is 12.9. The molecule has 15 heavy (non-hydrogen) atoms. The van der Waals surface area contributed by atoms with Gasteiger partial charge in [0.15, 0.2) is 9.84 Å². The van der Waals surface area contributed by atoms with Crippen molar-refractivity contribution in [2.45, 2.75) is 18.9 Å². The van der Waals surface area contributed by atoms with Gasteiger partial charge < -0.3 is 10.8 Å². The van der Waals surface area contributed by atoms with Gasteiger partial charge in [-0.15, -0.1) is 0 Å². The van der Waals surface area contributed by atoms with Crippen LogP contribution in [0.3, 0.4) is 0 Å². The number of rotatable bonds is 3. The number of nitrogens with zero attached hydrogens (tertiary/aromatic N) is 1. The third-order valence-corrected chi connectivity index (χ3v) is 4.37. The highest BCUT2D eigenvalue weighted by Crippen LogP contribution is 2.09. The van der Waals surface area contributed by atoms with Crippen molar-refractivity contribution in [2.24, 2.45) is 5.73 Å². The van der Waals surface area contributed by atoms with Gasteiger partial charge in [0.05, 0.1) is 17.1 Å². The third kappa shape index (κ3) is 4.46. The molecule has 0 aromatic carbocycles. The molecule has 0 saturated carbocycles. The van der Waals surface area contributed by atoms with Crippen molar-refractivity contribution in [3.05, 3.63) is 0 Å². The fourth-order valence-corrected chi connectivity index (χ4v) is 3.00. The fourth-order valence-electron chi connectivity index (χ4n) is 1.69. The minimum Gasteiger partial charge on any atom is -0.388 e. The third-order valence-electron chi connectivity index (χ3n) is 2.65. The van der Waals surface area contributed by atoms with Gasteiger partial charge in [0.2, 0.25) is 0 Å². The fraction of sp³-hybridized carbons (Fsp3) is 1.00. The second-order valence-electron chi connectivity index (χ2n) is 4.48. The van der Waals surface area contributed by atoms with E-state index in [0.29, 0.717) is 19.5 Å². The maximum absolute atomic E-state index is 11.3. The Kier molecular flexibility index (Phi) is 4.11. The number of nitrogens with two attached hydrogens (primary N) is 1. The molecule has 1 atom stereocenters. The standard InChI is InChI=1S/C9H20N2O3S/c1-9(12,7-10)8-11-3-2-5-15(13,14)6-4-11/h12H,2-8,10H2,1H3. The average molecular weight is 236 g/mol. The molecule has 5 nitrogen and oxygen atoms in total. The highest BCUT2D eigenvalue weighted by atomic mass is 32.2. The Morgan fingerprint density at radius 3 is 2.67 bits per heavy atom. The quantitative estimate of drug-likeness (QED) is 0.644. The highest BCUT2D eigenvalue weighted by molar-refractivity contribution is 7.91. The van der Waals surface area contributed by atoms with E-state index >= 15 is 0 Å². The first-order valence-corrected chi connectivity index (χ1v) is 7.02. The lowest BCUT2D eigenvalue weighted by Crippen LogP contribution is -2.46. The van der Waals surface area contributed by atoms with Gasteiger partial charge in [-0.05, 0) is 19.9 Å². The molecule has 1 aliphatic rings. The van der Waals surface area contributed by atoms with E-state index in [1.165, 1.54) is 0 Å². The molecule has 1 aliphatic heterocycles. The lowest BCUT2D eigenvalue weighted by molar-refractivity contribution is 0.0297. The number of aliphatic hydroxyl groups is 1. The van der Waals surface area contributed by atoms with E-state index in [9.17, 15) is 13.5 Å². The van der Waals surface area contributed by atoms with Crippen molar-refractivity contribution in [1.29, 1.82) is 0 Å². The lowest BCUT2D eigenvalue weighted by Gasteiger charge is -2.29. The molecule has 90 valence electrons. The van der Waals surface area contributed by atoms with Crippen LogP contribution in [0.15, 0.2) is 0 Å². The summed E-state index contributed by atoms with van der Waals surface area (Å²) in [6, 6.07) is 0. The number of hydrogen-bond donors (Lipinski definition) is 2. The summed E-state index contributed by atoms with van der Waals surface area (Å²) in [5.74, 6) is 0.446. The SMILES string of the molecule is CC(O)(CN)CN1CCCS(=O)(=O)CC1. The normalized spacial score (nSPS) is 26.9. The molecule has 1 unspecified atom stereocenters. The molecule has 3 N–H and O–H groups in total. The summed E-state index contributed by atoms with van der Waals surface area (Å²) < 4.78 is 22.7. The van der Waals surface area contributed by atoms with Gasteiger partial charge in [0, 0.05) is 19.6 Å². The van der Waals surface area contributed by atoms with E-state index in [1.54, 1.807) is 6.92 Å². The summed E-state index contributed by atoms with van der Waals surface area (Å²) in [5.41, 5.74) is 4.50. The van der Waals surface area contributed by atoms with Gasteiger partial charge in [0.25, 0.3) is 0 Å². The largest absolute Gasteiger partial charge is 0.388 e. The van der Waals surface area contributed by atoms with Gasteiger partial charge in [-0.25, -0.2) is 8.42 Å². The zero-order valence-electron chi connectivity index (χ0n) is 9.15. The summed E-state index contributed by atoms with van der Waals surface area (Å²) in [7, 11) is -2.87. The van der Waals surface area contributed by atoms with Crippen LogP contribution in [0.5, 0.6) is 0 Å². The molecule has 0 bridgehead atoms. The van der Waals surface area contributed by atoms with Crippen LogP contribution in [0, 0.1) is 0 Å². The zero-order valence-corrected chi connectivity index (χ0v) is 9.96. The van der Waals surface area contributed by atoms with E-state index in [4.69, 9.17) is 5.73 Å². The predicted octanol–water partition coefficient (Wildman–Crippen LogP) is -1.18. The van der Waals surface area contributed by atoms with Gasteiger partial charge in [-0.2, -0.15) is 0 Å². The van der Waals surface area contributed by atoms with Crippen LogP contribution in [-0.4, -0.2) is 61.7 Å². The van der Waals surface area contributed by atoms with Gasteiger partial charge in [-0.1, -0.05) is 0 Å². The Hall–Kier alpha value is -0.170. The molecule has 0 radical (unpaired) electrons. The van der Waals surface area contributed by atoms with Crippen LogP contribution in [-0.2, 0) is 9.84 Å². The van der Waals surface area contributed by atoms with Gasteiger partial charge in [0.1, 0.15) is 0 Å². The van der Waals surface area contributed by atoms with Crippen molar-refractivity contribution in [3.8, 4) is 0 Å². The summed E-state index contributed by atoms with van der Waals surface area (Å²) in [6.45, 7) is 3.52. The van der Waals surface area contributed by atoms with Crippen molar-refractivity contribution in [2.75, 3.05) is 37.7 Å². The Morgan fingerprint density at radius 2 is 2.07 bits per heavy atom. The van der Waals surface area contributed by atoms with Crippen LogP contribution >= 0.6 is 0 Å². The smallest absolute Gasteiger partial charge is 0.151 e. The van der Waals surface area contributed by atoms with Crippen molar-refractivity contribution in [3.63, 3.8) is 0 Å². The van der Waals surface area contributed by atoms with Crippen LogP contribution in [0.1, 0.15) is 13.3 Å². The minimum atomic E-state index is -2.87. The van der Waals surface area contributed by atoms with E-state index < -0.39 is 15.4 Å². The topological polar surface area (TPSA) is 83.6 Å². The second-order valence-corrected chi connectivity index (χ2v) is 6.79. The number of sulfone groups is 1. The summed E-state index contributed by atoms with van der Waals surface area (Å²) in [5, 5.41) is 9.78. The van der Waals surface area contributed by atoms with Crippen molar-refractivity contribution >= 4 is 9.84 Å². The highest BCUT2D eigenvalue weighted by Gasteiger charge is 2.25. The Bertz CT molecular complexity index is 300. The Balaban J connectivity index is 2.52. The predicted molar refractivity (Wildman–Crippen MR) is 59.4 cm³/mol. The average Bonchev–Trinajstić information content (AvgIpc) is 2.28. The number of hydrogen-bond acceptors (Lipinski definition) is 5. The summed E-state index contributed by atoms with van der Waals surface area (Å²) >= 11 is 0. The lowest BCUT2D eigenvalue weighted by atomic mass is 10.1. The van der Waals surface area contributed by atoms with Gasteiger partial charge >= 0.3 is 0 Å². The molecular weight excluding hydrogens is 216 g/mol. The monoisotopic (exact) mass is 236 g/mol. The molecule has 1 saturated heterocycles. The van der Waals surface area contributed by atoms with Crippen molar-refractivity contribution < 1.29 is 13.5 Å². The molecule has 0 aromatic rings. The maximum Gasteiger partial charge on any atom is 0.151 e. The summed E-state index contributed by atoms with van der Waals surface area (Å²) in [4.78, 5) is 1.97. The van der Waals surface area contributed by atoms with Crippen molar-refractivity contribution in [1.82, 2.24) is 4.90 Å². The molecule has 0 amide bonds. The van der Waals surface area contributed by atoms with E-state index in [2.05, 4.69) is 0 Å². The minimum absolute atomic E-state index is 0.188. The Labute approximate surface area is 91.2 Å². The van der Waals surface area contributed by atoms with E-state index in [1.807, 2.05) is 4.90 Å². The first-order chi connectivity index (χ1) is 6.85. The van der Waals surface area contributed by atoms with Gasteiger partial charge in [-0.3, -0.25) is 4.90 Å². The van der Waals surface area contributed by atoms with E-state index in [0.717, 1.165) is 6.54 Å². The van der Waals surface area contributed by atoms with Crippen LogP contribution < -0.4 is 5.73 Å². The number of β-amino-alcohol motifs (C(OH)–C–C–N with tert-alkyl or cyclic N) is 1. The van der Waals surface area contributed by atoms with E-state index in [-0.39, 0.29) is 18.1 Å². The molecule has 6 heteroatoms. The van der Waals surface area contributed by atoms with Crippen LogP contribution in [0.2, 0.25) is 0 Å². The second kappa shape index (κ2) is 4.78. The maximum atomic E-state index is 11.3. The molecule has 0 aromatic heterocycles. The molecule has 1 rings (SSSR count).